The summed E-state index contributed by atoms with van der Waals surface area (Å²) in [5, 5.41) is 5.31. The monoisotopic (exact) mass is 461 g/mol. The Morgan fingerprint density at radius 1 is 1.12 bits per heavy atom. The molecule has 1 fully saturated rings. The van der Waals surface area contributed by atoms with Crippen molar-refractivity contribution in [3.8, 4) is 5.75 Å². The number of rotatable bonds is 7. The van der Waals surface area contributed by atoms with E-state index in [2.05, 4.69) is 10.6 Å². The van der Waals surface area contributed by atoms with Gasteiger partial charge in [0.2, 0.25) is 15.9 Å². The molecule has 1 saturated heterocycles. The van der Waals surface area contributed by atoms with Crippen molar-refractivity contribution in [1.29, 1.82) is 0 Å². The first-order valence-corrected chi connectivity index (χ1v) is 11.6. The van der Waals surface area contributed by atoms with Crippen molar-refractivity contribution in [3.63, 3.8) is 0 Å². The fourth-order valence-corrected chi connectivity index (χ4v) is 4.85. The van der Waals surface area contributed by atoms with Gasteiger partial charge in [0.1, 0.15) is 16.7 Å². The first-order chi connectivity index (χ1) is 15.2. The standard InChI is InChI=1S/C22H27N3O6S/c1-15-5-4-6-17(13-15)22(27)23-16(2)21(26)24-18-7-8-19(30-3)20(14-18)32(28,29)25-9-11-31-12-10-25/h4-8,13-14,16H,9-12H2,1-3H3,(H,23,27)(H,24,26)/t16-/m1/s1. The molecule has 32 heavy (non-hydrogen) atoms. The number of ether oxygens (including phenoxy) is 2. The van der Waals surface area contributed by atoms with Gasteiger partial charge in [-0.1, -0.05) is 17.7 Å². The Hall–Kier alpha value is -2.95. The number of morpholine rings is 1. The predicted molar refractivity (Wildman–Crippen MR) is 119 cm³/mol. The molecule has 1 aliphatic rings. The van der Waals surface area contributed by atoms with Crippen molar-refractivity contribution < 1.29 is 27.5 Å². The molecule has 2 aromatic carbocycles. The molecule has 2 amide bonds. The Morgan fingerprint density at radius 2 is 1.84 bits per heavy atom. The zero-order valence-electron chi connectivity index (χ0n) is 18.3. The third kappa shape index (κ3) is 5.45. The SMILES string of the molecule is COc1ccc(NC(=O)[C@@H](C)NC(=O)c2cccc(C)c2)cc1S(=O)(=O)N1CCOCC1. The molecule has 0 unspecified atom stereocenters. The second-order valence-electron chi connectivity index (χ2n) is 7.44. The number of benzene rings is 2. The zero-order chi connectivity index (χ0) is 23.3. The van der Waals surface area contributed by atoms with Gasteiger partial charge >= 0.3 is 0 Å². The molecule has 172 valence electrons. The number of sulfonamides is 1. The van der Waals surface area contributed by atoms with Crippen molar-refractivity contribution in [2.45, 2.75) is 24.8 Å². The molecule has 0 spiro atoms. The summed E-state index contributed by atoms with van der Waals surface area (Å²) in [7, 11) is -2.45. The molecule has 10 heteroatoms. The van der Waals surface area contributed by atoms with Crippen LogP contribution >= 0.6 is 0 Å². The van der Waals surface area contributed by atoms with Crippen LogP contribution in [0.3, 0.4) is 0 Å². The molecule has 3 rings (SSSR count). The molecular formula is C22H27N3O6S. The summed E-state index contributed by atoms with van der Waals surface area (Å²) >= 11 is 0. The van der Waals surface area contributed by atoms with Gasteiger partial charge in [-0.15, -0.1) is 0 Å². The van der Waals surface area contributed by atoms with Crippen molar-refractivity contribution in [2.75, 3.05) is 38.7 Å². The van der Waals surface area contributed by atoms with Crippen LogP contribution in [0.2, 0.25) is 0 Å². The van der Waals surface area contributed by atoms with Crippen LogP contribution in [0.1, 0.15) is 22.8 Å². The molecule has 0 aliphatic carbocycles. The molecule has 1 heterocycles. The topological polar surface area (TPSA) is 114 Å². The summed E-state index contributed by atoms with van der Waals surface area (Å²) in [6, 6.07) is 10.6. The van der Waals surface area contributed by atoms with Crippen molar-refractivity contribution in [2.24, 2.45) is 0 Å². The van der Waals surface area contributed by atoms with E-state index in [-0.39, 0.29) is 35.3 Å². The molecule has 2 N–H and O–H groups in total. The van der Waals surface area contributed by atoms with Gasteiger partial charge in [-0.3, -0.25) is 9.59 Å². The van der Waals surface area contributed by atoms with Crippen LogP contribution < -0.4 is 15.4 Å². The van der Waals surface area contributed by atoms with E-state index in [0.29, 0.717) is 18.8 Å². The lowest BCUT2D eigenvalue weighted by Gasteiger charge is -2.27. The van der Waals surface area contributed by atoms with Crippen molar-refractivity contribution in [3.05, 3.63) is 53.6 Å². The summed E-state index contributed by atoms with van der Waals surface area (Å²) in [5.74, 6) is -0.678. The lowest BCUT2D eigenvalue weighted by molar-refractivity contribution is -0.117. The van der Waals surface area contributed by atoms with E-state index in [9.17, 15) is 18.0 Å². The lowest BCUT2D eigenvalue weighted by atomic mass is 10.1. The third-order valence-electron chi connectivity index (χ3n) is 5.04. The number of amides is 2. The van der Waals surface area contributed by atoms with Crippen LogP contribution in [0.25, 0.3) is 0 Å². The molecular weight excluding hydrogens is 434 g/mol. The molecule has 0 bridgehead atoms. The van der Waals surface area contributed by atoms with Crippen LogP contribution in [0, 0.1) is 6.92 Å². The lowest BCUT2D eigenvalue weighted by Crippen LogP contribution is -2.42. The van der Waals surface area contributed by atoms with Gasteiger partial charge in [0.15, 0.2) is 0 Å². The smallest absolute Gasteiger partial charge is 0.251 e. The number of methoxy groups -OCH3 is 1. The highest BCUT2D eigenvalue weighted by Gasteiger charge is 2.30. The number of carbonyl (C=O) groups excluding carboxylic acids is 2. The molecule has 9 nitrogen and oxygen atoms in total. The maximum atomic E-state index is 13.1. The first-order valence-electron chi connectivity index (χ1n) is 10.2. The molecule has 0 aromatic heterocycles. The number of aryl methyl sites for hydroxylation is 1. The number of nitrogens with one attached hydrogen (secondary N) is 2. The van der Waals surface area contributed by atoms with E-state index in [1.54, 1.807) is 31.2 Å². The van der Waals surface area contributed by atoms with Crippen LogP contribution in [0.4, 0.5) is 5.69 Å². The highest BCUT2D eigenvalue weighted by atomic mass is 32.2. The Bertz CT molecular complexity index is 1100. The number of hydrogen-bond acceptors (Lipinski definition) is 6. The fraction of sp³-hybridized carbons (Fsp3) is 0.364. The van der Waals surface area contributed by atoms with E-state index in [1.807, 2.05) is 13.0 Å². The van der Waals surface area contributed by atoms with Gasteiger partial charge in [-0.05, 0) is 44.2 Å². The van der Waals surface area contributed by atoms with Crippen LogP contribution in [0.5, 0.6) is 5.75 Å². The summed E-state index contributed by atoms with van der Waals surface area (Å²) in [4.78, 5) is 25.0. The van der Waals surface area contributed by atoms with Gasteiger partial charge in [-0.2, -0.15) is 4.31 Å². The average molecular weight is 462 g/mol. The maximum Gasteiger partial charge on any atom is 0.251 e. The van der Waals surface area contributed by atoms with Crippen LogP contribution in [-0.2, 0) is 19.6 Å². The van der Waals surface area contributed by atoms with Crippen molar-refractivity contribution >= 4 is 27.5 Å². The molecule has 1 aliphatic heterocycles. The second kappa shape index (κ2) is 10.1. The molecule has 0 saturated carbocycles. The highest BCUT2D eigenvalue weighted by molar-refractivity contribution is 7.89. The minimum atomic E-state index is -3.84. The third-order valence-corrected chi connectivity index (χ3v) is 6.96. The second-order valence-corrected chi connectivity index (χ2v) is 9.34. The summed E-state index contributed by atoms with van der Waals surface area (Å²) in [6.45, 7) is 4.54. The van der Waals surface area contributed by atoms with E-state index in [1.165, 1.54) is 23.5 Å². The van der Waals surface area contributed by atoms with E-state index >= 15 is 0 Å². The summed E-state index contributed by atoms with van der Waals surface area (Å²) in [5.41, 5.74) is 1.66. The molecule has 1 atom stereocenters. The van der Waals surface area contributed by atoms with Gasteiger partial charge in [-0.25, -0.2) is 8.42 Å². The quantitative estimate of drug-likeness (QED) is 0.650. The summed E-state index contributed by atoms with van der Waals surface area (Å²) < 4.78 is 38.0. The Labute approximate surface area is 187 Å². The number of hydrogen-bond donors (Lipinski definition) is 2. The largest absolute Gasteiger partial charge is 0.495 e. The van der Waals surface area contributed by atoms with Gasteiger partial charge < -0.3 is 20.1 Å². The molecule has 0 radical (unpaired) electrons. The first kappa shape index (κ1) is 23.7. The average Bonchev–Trinajstić information content (AvgIpc) is 2.79. The van der Waals surface area contributed by atoms with Gasteiger partial charge in [0.05, 0.1) is 20.3 Å². The van der Waals surface area contributed by atoms with E-state index < -0.39 is 22.0 Å². The van der Waals surface area contributed by atoms with Gasteiger partial charge in [0.25, 0.3) is 5.91 Å². The number of carbonyl (C=O) groups is 2. The summed E-state index contributed by atoms with van der Waals surface area (Å²) in [6.07, 6.45) is 0. The predicted octanol–water partition coefficient (Wildman–Crippen LogP) is 1.78. The van der Waals surface area contributed by atoms with E-state index in [0.717, 1.165) is 5.56 Å². The minimum Gasteiger partial charge on any atom is -0.495 e. The molecule has 2 aromatic rings. The van der Waals surface area contributed by atoms with E-state index in [4.69, 9.17) is 9.47 Å². The number of nitrogens with zero attached hydrogens (tertiary/aromatic N) is 1. The Morgan fingerprint density at radius 3 is 2.50 bits per heavy atom. The van der Waals surface area contributed by atoms with Crippen LogP contribution in [0.15, 0.2) is 47.4 Å². The number of anilines is 1. The Kier molecular flexibility index (Phi) is 7.49. The van der Waals surface area contributed by atoms with Crippen LogP contribution in [-0.4, -0.2) is 64.0 Å². The Balaban J connectivity index is 1.74. The minimum absolute atomic E-state index is 0.0452. The fourth-order valence-electron chi connectivity index (χ4n) is 3.26. The van der Waals surface area contributed by atoms with Crippen molar-refractivity contribution in [1.82, 2.24) is 9.62 Å². The van der Waals surface area contributed by atoms with Gasteiger partial charge in [0, 0.05) is 24.3 Å². The zero-order valence-corrected chi connectivity index (χ0v) is 19.1. The maximum absolute atomic E-state index is 13.1. The normalized spacial score (nSPS) is 15.6. The highest BCUT2D eigenvalue weighted by Crippen LogP contribution is 2.30.